The number of nitrogens with one attached hydrogen (secondary N) is 1. The largest absolute Gasteiger partial charge is 0.447 e. The fraction of sp³-hybridized carbons (Fsp3) is 0.579. The fourth-order valence-electron chi connectivity index (χ4n) is 4.36. The molecule has 1 N–H and O–H groups in total. The quantitative estimate of drug-likeness (QED) is 0.878. The minimum atomic E-state index is -0.515. The summed E-state index contributed by atoms with van der Waals surface area (Å²) < 4.78 is 32.5. The number of halogens is 2. The Morgan fingerprint density at radius 1 is 1.23 bits per heavy atom. The van der Waals surface area contributed by atoms with E-state index in [2.05, 4.69) is 5.32 Å². The third-order valence-electron chi connectivity index (χ3n) is 6.05. The van der Waals surface area contributed by atoms with Crippen molar-refractivity contribution in [3.63, 3.8) is 0 Å². The highest BCUT2D eigenvalue weighted by Gasteiger charge is 2.53. The highest BCUT2D eigenvalue weighted by molar-refractivity contribution is 5.81. The number of rotatable bonds is 2. The van der Waals surface area contributed by atoms with Crippen molar-refractivity contribution < 1.29 is 23.1 Å². The summed E-state index contributed by atoms with van der Waals surface area (Å²) in [5.74, 6) is -0.934. The van der Waals surface area contributed by atoms with Crippen LogP contribution in [0.3, 0.4) is 0 Å². The number of carbonyl (C=O) groups is 2. The molecule has 3 fully saturated rings. The van der Waals surface area contributed by atoms with Crippen molar-refractivity contribution in [3.8, 4) is 0 Å². The van der Waals surface area contributed by atoms with Crippen LogP contribution in [0.15, 0.2) is 12.1 Å². The molecule has 1 aliphatic carbocycles. The SMILES string of the molecule is Cc1c(F)cc(C2CCN(C(=O)[C@H]3C[C@]4(COC(=O)N4)C3)CC2)cc1F. The van der Waals surface area contributed by atoms with E-state index in [0.717, 1.165) is 0 Å². The van der Waals surface area contributed by atoms with Gasteiger partial charge in [0.15, 0.2) is 0 Å². The van der Waals surface area contributed by atoms with Crippen molar-refractivity contribution in [2.75, 3.05) is 19.7 Å². The third kappa shape index (κ3) is 2.93. The molecule has 1 aromatic carbocycles. The normalized spacial score (nSPS) is 28.7. The summed E-state index contributed by atoms with van der Waals surface area (Å²) in [7, 11) is 0. The maximum atomic E-state index is 13.8. The lowest BCUT2D eigenvalue weighted by atomic mass is 9.68. The molecule has 0 unspecified atom stereocenters. The van der Waals surface area contributed by atoms with Gasteiger partial charge in [-0.15, -0.1) is 0 Å². The van der Waals surface area contributed by atoms with Crippen molar-refractivity contribution >= 4 is 12.0 Å². The summed E-state index contributed by atoms with van der Waals surface area (Å²) in [5, 5.41) is 2.80. The van der Waals surface area contributed by atoms with Crippen LogP contribution in [-0.2, 0) is 9.53 Å². The van der Waals surface area contributed by atoms with Gasteiger partial charge in [0.25, 0.3) is 0 Å². The highest BCUT2D eigenvalue weighted by atomic mass is 19.1. The summed E-state index contributed by atoms with van der Waals surface area (Å²) >= 11 is 0. The molecule has 2 heterocycles. The number of alkyl carbamates (subject to hydrolysis) is 1. The Balaban J connectivity index is 1.33. The Morgan fingerprint density at radius 2 is 1.85 bits per heavy atom. The molecule has 1 saturated carbocycles. The molecule has 1 spiro atoms. The molecule has 2 amide bonds. The highest BCUT2D eigenvalue weighted by Crippen LogP contribution is 2.42. The molecule has 7 heteroatoms. The van der Waals surface area contributed by atoms with Gasteiger partial charge in [-0.1, -0.05) is 0 Å². The molecule has 0 bridgehead atoms. The van der Waals surface area contributed by atoms with E-state index >= 15 is 0 Å². The number of ether oxygens (including phenoxy) is 1. The molecule has 0 aromatic heterocycles. The Kier molecular flexibility index (Phi) is 4.12. The van der Waals surface area contributed by atoms with E-state index in [-0.39, 0.29) is 28.8 Å². The van der Waals surface area contributed by atoms with Crippen LogP contribution in [0.25, 0.3) is 0 Å². The van der Waals surface area contributed by atoms with E-state index in [1.807, 2.05) is 4.90 Å². The van der Waals surface area contributed by atoms with Crippen molar-refractivity contribution in [2.45, 2.75) is 44.1 Å². The zero-order valence-corrected chi connectivity index (χ0v) is 14.7. The first-order chi connectivity index (χ1) is 12.4. The number of hydrogen-bond acceptors (Lipinski definition) is 3. The van der Waals surface area contributed by atoms with E-state index in [1.165, 1.54) is 19.1 Å². The summed E-state index contributed by atoms with van der Waals surface area (Å²) in [6, 6.07) is 2.83. The molecule has 0 atom stereocenters. The van der Waals surface area contributed by atoms with Crippen LogP contribution in [0.5, 0.6) is 0 Å². The van der Waals surface area contributed by atoms with E-state index in [0.29, 0.717) is 50.9 Å². The van der Waals surface area contributed by atoms with E-state index < -0.39 is 17.7 Å². The predicted molar refractivity (Wildman–Crippen MR) is 89.6 cm³/mol. The zero-order valence-electron chi connectivity index (χ0n) is 14.7. The molecule has 2 saturated heterocycles. The van der Waals surface area contributed by atoms with Crippen molar-refractivity contribution in [1.29, 1.82) is 0 Å². The summed E-state index contributed by atoms with van der Waals surface area (Å²) in [6.45, 7) is 2.95. The second-order valence-electron chi connectivity index (χ2n) is 7.80. The number of carbonyl (C=O) groups excluding carboxylic acids is 2. The number of piperidine rings is 1. The van der Waals surface area contributed by atoms with Crippen LogP contribution in [0.2, 0.25) is 0 Å². The van der Waals surface area contributed by atoms with Crippen LogP contribution in [0, 0.1) is 24.5 Å². The minimum absolute atomic E-state index is 0.0447. The second kappa shape index (κ2) is 6.21. The third-order valence-corrected chi connectivity index (χ3v) is 6.05. The number of cyclic esters (lactones) is 1. The number of nitrogens with zero attached hydrogens (tertiary/aromatic N) is 1. The van der Waals surface area contributed by atoms with Crippen LogP contribution < -0.4 is 5.32 Å². The molecule has 4 rings (SSSR count). The van der Waals surface area contributed by atoms with E-state index in [4.69, 9.17) is 4.74 Å². The van der Waals surface area contributed by atoms with Crippen LogP contribution >= 0.6 is 0 Å². The van der Waals surface area contributed by atoms with Gasteiger partial charge in [0, 0.05) is 24.6 Å². The van der Waals surface area contributed by atoms with Gasteiger partial charge >= 0.3 is 6.09 Å². The molecule has 0 radical (unpaired) electrons. The molecule has 1 aromatic rings. The van der Waals surface area contributed by atoms with Gasteiger partial charge in [-0.2, -0.15) is 0 Å². The first-order valence-corrected chi connectivity index (χ1v) is 9.06. The maximum Gasteiger partial charge on any atom is 0.407 e. The zero-order chi connectivity index (χ0) is 18.5. The molecule has 5 nitrogen and oxygen atoms in total. The maximum absolute atomic E-state index is 13.8. The smallest absolute Gasteiger partial charge is 0.407 e. The lowest BCUT2D eigenvalue weighted by molar-refractivity contribution is -0.142. The van der Waals surface area contributed by atoms with Crippen molar-refractivity contribution in [1.82, 2.24) is 10.2 Å². The number of hydrogen-bond donors (Lipinski definition) is 1. The Hall–Kier alpha value is -2.18. The molecule has 3 aliphatic rings. The fourth-order valence-corrected chi connectivity index (χ4v) is 4.36. The van der Waals surface area contributed by atoms with E-state index in [9.17, 15) is 18.4 Å². The average molecular weight is 364 g/mol. The lowest BCUT2D eigenvalue weighted by Crippen LogP contribution is -2.58. The molecule has 2 aliphatic heterocycles. The van der Waals surface area contributed by atoms with Crippen molar-refractivity contribution in [3.05, 3.63) is 34.9 Å². The van der Waals surface area contributed by atoms with Crippen LogP contribution in [0.4, 0.5) is 13.6 Å². The van der Waals surface area contributed by atoms with Gasteiger partial charge < -0.3 is 15.0 Å². The number of amides is 2. The Bertz CT molecular complexity index is 730. The molecular weight excluding hydrogens is 342 g/mol. The van der Waals surface area contributed by atoms with Gasteiger partial charge in [-0.05, 0) is 56.2 Å². The summed E-state index contributed by atoms with van der Waals surface area (Å²) in [6.07, 6.45) is 2.23. The summed E-state index contributed by atoms with van der Waals surface area (Å²) in [4.78, 5) is 25.7. The van der Waals surface area contributed by atoms with Gasteiger partial charge in [0.05, 0.1) is 5.54 Å². The predicted octanol–water partition coefficient (Wildman–Crippen LogP) is 2.87. The number of benzene rings is 1. The Labute approximate surface area is 150 Å². The van der Waals surface area contributed by atoms with Gasteiger partial charge in [-0.25, -0.2) is 13.6 Å². The molecule has 26 heavy (non-hydrogen) atoms. The molecular formula is C19H22F2N2O3. The minimum Gasteiger partial charge on any atom is -0.447 e. The lowest BCUT2D eigenvalue weighted by Gasteiger charge is -2.45. The topological polar surface area (TPSA) is 58.6 Å². The Morgan fingerprint density at radius 3 is 2.38 bits per heavy atom. The summed E-state index contributed by atoms with van der Waals surface area (Å²) in [5.41, 5.74) is 0.363. The van der Waals surface area contributed by atoms with Gasteiger partial charge in [-0.3, -0.25) is 4.79 Å². The van der Waals surface area contributed by atoms with Gasteiger partial charge in [0.1, 0.15) is 18.2 Å². The number of likely N-dealkylation sites (tertiary alicyclic amines) is 1. The van der Waals surface area contributed by atoms with Crippen molar-refractivity contribution in [2.24, 2.45) is 5.92 Å². The van der Waals surface area contributed by atoms with Gasteiger partial charge in [0.2, 0.25) is 5.91 Å². The molecule has 140 valence electrons. The second-order valence-corrected chi connectivity index (χ2v) is 7.80. The van der Waals surface area contributed by atoms with Crippen LogP contribution in [0.1, 0.15) is 42.7 Å². The standard InChI is InChI=1S/C19H22F2N2O3/c1-11-15(20)6-13(7-16(11)21)12-2-4-23(5-3-12)17(24)14-8-19(9-14)10-26-18(25)22-19/h6-7,12,14H,2-5,8-10H2,1H3,(H,22,25)/t14-,19+. The first-order valence-electron chi connectivity index (χ1n) is 9.06. The first kappa shape index (κ1) is 17.2. The van der Waals surface area contributed by atoms with E-state index in [1.54, 1.807) is 0 Å². The monoisotopic (exact) mass is 364 g/mol. The van der Waals surface area contributed by atoms with Crippen LogP contribution in [-0.4, -0.2) is 42.1 Å². The average Bonchev–Trinajstić information content (AvgIpc) is 3.00.